The first-order valence-electron chi connectivity index (χ1n) is 9.41. The van der Waals surface area contributed by atoms with Gasteiger partial charge in [-0.3, -0.25) is 5.32 Å². The van der Waals surface area contributed by atoms with Crippen molar-refractivity contribution < 1.29 is 14.3 Å². The Kier molecular flexibility index (Phi) is 7.37. The predicted molar refractivity (Wildman–Crippen MR) is 104 cm³/mol. The van der Waals surface area contributed by atoms with E-state index in [1.165, 1.54) is 11.3 Å². The van der Waals surface area contributed by atoms with E-state index in [1.54, 1.807) is 11.9 Å². The highest BCUT2D eigenvalue weighted by Crippen LogP contribution is 2.28. The van der Waals surface area contributed by atoms with Crippen LogP contribution in [0.5, 0.6) is 0 Å². The summed E-state index contributed by atoms with van der Waals surface area (Å²) in [6, 6.07) is -0.236. The van der Waals surface area contributed by atoms with E-state index in [0.717, 1.165) is 30.7 Å². The summed E-state index contributed by atoms with van der Waals surface area (Å²) < 4.78 is 12.0. The van der Waals surface area contributed by atoms with E-state index in [2.05, 4.69) is 50.1 Å². The predicted octanol–water partition coefficient (Wildman–Crippen LogP) is 4.01. The third-order valence-corrected chi connectivity index (χ3v) is 5.53. The van der Waals surface area contributed by atoms with Crippen molar-refractivity contribution in [2.45, 2.75) is 84.2 Å². The van der Waals surface area contributed by atoms with Crippen molar-refractivity contribution in [3.63, 3.8) is 0 Å². The minimum absolute atomic E-state index is 0.0827. The van der Waals surface area contributed by atoms with Crippen LogP contribution < -0.4 is 5.32 Å². The maximum atomic E-state index is 12.4. The molecule has 0 aliphatic carbocycles. The Hall–Kier alpha value is -1.25. The fraction of sp³-hybridized carbons (Fsp3) is 0.833. The molecule has 0 spiro atoms. The van der Waals surface area contributed by atoms with Gasteiger partial charge in [0, 0.05) is 12.5 Å². The number of amides is 2. The van der Waals surface area contributed by atoms with Crippen molar-refractivity contribution >= 4 is 22.5 Å². The summed E-state index contributed by atoms with van der Waals surface area (Å²) in [6.07, 6.45) is 3.96. The highest BCUT2D eigenvalue weighted by Gasteiger charge is 2.35. The number of ether oxygens (including phenoxy) is 2. The number of nitrogens with zero attached hydrogens (tertiary/aromatic N) is 3. The summed E-state index contributed by atoms with van der Waals surface area (Å²) in [7, 11) is 1.73. The van der Waals surface area contributed by atoms with Crippen molar-refractivity contribution in [1.82, 2.24) is 15.1 Å². The molecule has 2 atom stereocenters. The Bertz CT molecular complexity index is 573. The number of rotatable bonds is 7. The van der Waals surface area contributed by atoms with E-state index in [1.807, 2.05) is 0 Å². The fourth-order valence-corrected chi connectivity index (χ4v) is 3.62. The molecule has 2 unspecified atom stereocenters. The summed E-state index contributed by atoms with van der Waals surface area (Å²) in [5, 5.41) is 12.4. The molecule has 1 aliphatic heterocycles. The molecule has 1 aromatic heterocycles. The van der Waals surface area contributed by atoms with E-state index < -0.39 is 0 Å². The molecule has 1 saturated heterocycles. The summed E-state index contributed by atoms with van der Waals surface area (Å²) in [5.41, 5.74) is -0.0827. The largest absolute Gasteiger partial charge is 0.345 e. The van der Waals surface area contributed by atoms with E-state index in [9.17, 15) is 4.79 Å². The van der Waals surface area contributed by atoms with Crippen LogP contribution in [0, 0.1) is 0 Å². The quantitative estimate of drug-likeness (QED) is 0.768. The molecule has 0 radical (unpaired) electrons. The average molecular weight is 385 g/mol. The summed E-state index contributed by atoms with van der Waals surface area (Å²) in [5.74, 6) is 0. The number of aromatic nitrogens is 2. The van der Waals surface area contributed by atoms with Gasteiger partial charge in [0.25, 0.3) is 0 Å². The second-order valence-electron chi connectivity index (χ2n) is 7.83. The Morgan fingerprint density at radius 1 is 1.15 bits per heavy atom. The van der Waals surface area contributed by atoms with E-state index >= 15 is 0 Å². The number of carbonyl (C=O) groups excluding carboxylic acids is 1. The minimum Gasteiger partial charge on any atom is -0.345 e. The Balaban J connectivity index is 1.88. The van der Waals surface area contributed by atoms with Crippen molar-refractivity contribution in [1.29, 1.82) is 0 Å². The van der Waals surface area contributed by atoms with Gasteiger partial charge in [-0.2, -0.15) is 0 Å². The summed E-state index contributed by atoms with van der Waals surface area (Å²) in [6.45, 7) is 10.9. The van der Waals surface area contributed by atoms with Crippen molar-refractivity contribution in [3.8, 4) is 0 Å². The first kappa shape index (κ1) is 21.1. The number of carbonyl (C=O) groups is 1. The summed E-state index contributed by atoms with van der Waals surface area (Å²) in [4.78, 5) is 14.0. The second kappa shape index (κ2) is 9.10. The van der Waals surface area contributed by atoms with Crippen LogP contribution in [0.4, 0.5) is 9.93 Å². The molecule has 0 aromatic carbocycles. The average Bonchev–Trinajstić information content (AvgIpc) is 3.15. The Morgan fingerprint density at radius 2 is 1.73 bits per heavy atom. The van der Waals surface area contributed by atoms with Crippen molar-refractivity contribution in [3.05, 3.63) is 5.01 Å². The molecule has 7 nitrogen and oxygen atoms in total. The lowest BCUT2D eigenvalue weighted by atomic mass is 9.98. The molecule has 1 aliphatic rings. The first-order chi connectivity index (χ1) is 12.2. The Labute approximate surface area is 160 Å². The van der Waals surface area contributed by atoms with Gasteiger partial charge in [0.1, 0.15) is 5.01 Å². The molecule has 1 N–H and O–H groups in total. The number of hydrogen-bond acceptors (Lipinski definition) is 6. The molecule has 26 heavy (non-hydrogen) atoms. The van der Waals surface area contributed by atoms with Crippen LogP contribution in [0.25, 0.3) is 0 Å². The van der Waals surface area contributed by atoms with Crippen LogP contribution in [0.15, 0.2) is 0 Å². The van der Waals surface area contributed by atoms with Crippen LogP contribution in [0.3, 0.4) is 0 Å². The van der Waals surface area contributed by atoms with Gasteiger partial charge in [-0.15, -0.1) is 10.2 Å². The molecule has 1 fully saturated rings. The van der Waals surface area contributed by atoms with Gasteiger partial charge < -0.3 is 14.4 Å². The number of likely N-dealkylation sites (N-methyl/N-ethyl adjacent to an activating group) is 1. The zero-order valence-corrected chi connectivity index (χ0v) is 17.6. The molecule has 8 heteroatoms. The zero-order valence-electron chi connectivity index (χ0n) is 16.7. The maximum absolute atomic E-state index is 12.4. The zero-order chi connectivity index (χ0) is 19.3. The van der Waals surface area contributed by atoms with E-state index in [0.29, 0.717) is 11.7 Å². The lowest BCUT2D eigenvalue weighted by Gasteiger charge is -2.20. The molecular formula is C18H32N4O3S. The third kappa shape index (κ3) is 5.62. The maximum Gasteiger partial charge on any atom is 0.323 e. The van der Waals surface area contributed by atoms with Crippen LogP contribution in [0.1, 0.15) is 65.3 Å². The van der Waals surface area contributed by atoms with Gasteiger partial charge in [-0.05, 0) is 12.8 Å². The Morgan fingerprint density at radius 3 is 2.19 bits per heavy atom. The molecule has 148 valence electrons. The number of hydrogen-bond donors (Lipinski definition) is 1. The monoisotopic (exact) mass is 384 g/mol. The standard InChI is InChI=1S/C18H32N4O3S/c1-7-9-12-13(10-8-2)25-14(24-12)11-22(6)17(23)19-16-21-20-15(26-16)18(3,4)5/h12-14H,7-11H2,1-6H3,(H,19,21,23). The first-order valence-corrected chi connectivity index (χ1v) is 10.2. The van der Waals surface area contributed by atoms with Gasteiger partial charge in [-0.1, -0.05) is 58.8 Å². The van der Waals surface area contributed by atoms with Gasteiger partial charge in [0.05, 0.1) is 18.8 Å². The number of nitrogens with one attached hydrogen (secondary N) is 1. The molecule has 2 amide bonds. The molecule has 0 saturated carbocycles. The molecule has 0 bridgehead atoms. The normalized spacial score (nSPS) is 23.2. The van der Waals surface area contributed by atoms with Gasteiger partial charge in [0.15, 0.2) is 6.29 Å². The minimum atomic E-state index is -0.376. The van der Waals surface area contributed by atoms with Crippen molar-refractivity contribution in [2.24, 2.45) is 0 Å². The van der Waals surface area contributed by atoms with Gasteiger partial charge in [0.2, 0.25) is 5.13 Å². The van der Waals surface area contributed by atoms with E-state index in [-0.39, 0.29) is 29.9 Å². The highest BCUT2D eigenvalue weighted by atomic mass is 32.1. The van der Waals surface area contributed by atoms with E-state index in [4.69, 9.17) is 9.47 Å². The number of urea groups is 1. The highest BCUT2D eigenvalue weighted by molar-refractivity contribution is 7.15. The van der Waals surface area contributed by atoms with Crippen LogP contribution in [-0.4, -0.2) is 53.2 Å². The van der Waals surface area contributed by atoms with Crippen LogP contribution >= 0.6 is 11.3 Å². The van der Waals surface area contributed by atoms with Gasteiger partial charge >= 0.3 is 6.03 Å². The molecular weight excluding hydrogens is 352 g/mol. The smallest absolute Gasteiger partial charge is 0.323 e. The molecule has 2 heterocycles. The third-order valence-electron chi connectivity index (χ3n) is 4.26. The summed E-state index contributed by atoms with van der Waals surface area (Å²) >= 11 is 1.40. The fourth-order valence-electron chi connectivity index (χ4n) is 2.83. The van der Waals surface area contributed by atoms with Gasteiger partial charge in [-0.25, -0.2) is 4.79 Å². The van der Waals surface area contributed by atoms with Crippen LogP contribution in [0.2, 0.25) is 0 Å². The topological polar surface area (TPSA) is 76.6 Å². The number of anilines is 1. The molecule has 1 aromatic rings. The SMILES string of the molecule is CCCC1OC(CN(C)C(=O)Nc2nnc(C(C)(C)C)s2)OC1CCC. The van der Waals surface area contributed by atoms with Crippen molar-refractivity contribution in [2.75, 3.05) is 18.9 Å². The lowest BCUT2D eigenvalue weighted by Crippen LogP contribution is -2.38. The van der Waals surface area contributed by atoms with Crippen LogP contribution in [-0.2, 0) is 14.9 Å². The second-order valence-corrected chi connectivity index (χ2v) is 8.81. The molecule has 2 rings (SSSR count). The lowest BCUT2D eigenvalue weighted by molar-refractivity contribution is -0.0756.